The summed E-state index contributed by atoms with van der Waals surface area (Å²) in [5.41, 5.74) is 3.82. The van der Waals surface area contributed by atoms with Gasteiger partial charge in [-0.2, -0.15) is 5.26 Å². The zero-order valence-electron chi connectivity index (χ0n) is 15.3. The lowest BCUT2D eigenvalue weighted by atomic mass is 10.0. The zero-order chi connectivity index (χ0) is 18.7. The van der Waals surface area contributed by atoms with Crippen LogP contribution < -0.4 is 14.8 Å². The van der Waals surface area contributed by atoms with Crippen LogP contribution in [-0.4, -0.2) is 18.5 Å². The van der Waals surface area contributed by atoms with E-state index in [2.05, 4.69) is 11.4 Å². The van der Waals surface area contributed by atoms with Crippen molar-refractivity contribution in [3.63, 3.8) is 0 Å². The number of nitriles is 1. The third-order valence-electron chi connectivity index (χ3n) is 4.39. The maximum absolute atomic E-state index is 11.6. The van der Waals surface area contributed by atoms with Crippen molar-refractivity contribution in [2.45, 2.75) is 39.8 Å². The smallest absolute Gasteiger partial charge is 0.159 e. The van der Waals surface area contributed by atoms with E-state index in [0.29, 0.717) is 30.0 Å². The molecule has 5 heteroatoms. The highest BCUT2D eigenvalue weighted by molar-refractivity contribution is 5.95. The van der Waals surface area contributed by atoms with Crippen molar-refractivity contribution < 1.29 is 14.3 Å². The Kier molecular flexibility index (Phi) is 5.13. The Balaban J connectivity index is 1.88. The van der Waals surface area contributed by atoms with Crippen molar-refractivity contribution in [2.75, 3.05) is 11.9 Å². The molecule has 1 heterocycles. The molecule has 0 aliphatic carbocycles. The molecule has 1 aliphatic heterocycles. The molecule has 2 aromatic carbocycles. The molecule has 0 amide bonds. The van der Waals surface area contributed by atoms with Crippen LogP contribution in [0.15, 0.2) is 30.3 Å². The van der Waals surface area contributed by atoms with Crippen molar-refractivity contribution in [1.29, 1.82) is 5.26 Å². The highest BCUT2D eigenvalue weighted by Crippen LogP contribution is 2.35. The number of carbonyl (C=O) groups excluding carboxylic acids is 1. The molecular weight excluding hydrogens is 328 g/mol. The number of hydrogen-bond donors (Lipinski definition) is 1. The molecule has 0 saturated heterocycles. The fraction of sp³-hybridized carbons (Fsp3) is 0.333. The minimum atomic E-state index is -0.0348. The summed E-state index contributed by atoms with van der Waals surface area (Å²) in [5, 5.41) is 12.6. The molecule has 3 rings (SSSR count). The predicted octanol–water partition coefficient (Wildman–Crippen LogP) is 4.10. The van der Waals surface area contributed by atoms with E-state index in [-0.39, 0.29) is 11.9 Å². The number of ketones is 1. The summed E-state index contributed by atoms with van der Waals surface area (Å²) in [6, 6.07) is 11.2. The summed E-state index contributed by atoms with van der Waals surface area (Å²) in [7, 11) is 0. The second-order valence-electron chi connectivity index (χ2n) is 6.42. The van der Waals surface area contributed by atoms with Crippen LogP contribution in [0.1, 0.15) is 47.8 Å². The molecule has 0 saturated carbocycles. The number of Topliss-reactive ketones (excluding diaryl/α,β-unsaturated/α-hetero) is 1. The molecule has 5 nitrogen and oxygen atoms in total. The monoisotopic (exact) mass is 350 g/mol. The van der Waals surface area contributed by atoms with E-state index in [1.807, 2.05) is 26.0 Å². The van der Waals surface area contributed by atoms with E-state index in [1.165, 1.54) is 6.92 Å². The van der Waals surface area contributed by atoms with Crippen molar-refractivity contribution in [3.8, 4) is 17.6 Å². The average Bonchev–Trinajstić information content (AvgIpc) is 2.98. The molecule has 1 unspecified atom stereocenters. The van der Waals surface area contributed by atoms with E-state index in [9.17, 15) is 10.1 Å². The van der Waals surface area contributed by atoms with Crippen LogP contribution in [-0.2, 0) is 13.0 Å². The summed E-state index contributed by atoms with van der Waals surface area (Å²) in [6.07, 6.45) is 1.04. The summed E-state index contributed by atoms with van der Waals surface area (Å²) < 4.78 is 11.6. The molecule has 0 bridgehead atoms. The molecule has 134 valence electrons. The topological polar surface area (TPSA) is 71.3 Å². The molecule has 26 heavy (non-hydrogen) atoms. The van der Waals surface area contributed by atoms with Crippen molar-refractivity contribution in [3.05, 3.63) is 52.6 Å². The van der Waals surface area contributed by atoms with Gasteiger partial charge in [-0.25, -0.2) is 0 Å². The Hall–Kier alpha value is -3.00. The van der Waals surface area contributed by atoms with Gasteiger partial charge in [-0.1, -0.05) is 0 Å². The number of carbonyl (C=O) groups is 1. The normalized spacial score (nSPS) is 14.9. The second kappa shape index (κ2) is 7.49. The molecule has 1 N–H and O–H groups in total. The first-order chi connectivity index (χ1) is 12.5. The van der Waals surface area contributed by atoms with Gasteiger partial charge in [-0.3, -0.25) is 4.79 Å². The minimum absolute atomic E-state index is 0.0348. The van der Waals surface area contributed by atoms with Gasteiger partial charge in [-0.05, 0) is 51.1 Å². The van der Waals surface area contributed by atoms with Gasteiger partial charge >= 0.3 is 0 Å². The molecule has 0 aromatic heterocycles. The first-order valence-corrected chi connectivity index (χ1v) is 8.76. The Morgan fingerprint density at radius 3 is 2.88 bits per heavy atom. The van der Waals surface area contributed by atoms with Gasteiger partial charge in [-0.15, -0.1) is 0 Å². The molecule has 0 fully saturated rings. The van der Waals surface area contributed by atoms with Gasteiger partial charge in [0.15, 0.2) is 5.78 Å². The Bertz CT molecular complexity index is 884. The van der Waals surface area contributed by atoms with Gasteiger partial charge in [0.2, 0.25) is 0 Å². The predicted molar refractivity (Wildman–Crippen MR) is 99.9 cm³/mol. The fourth-order valence-electron chi connectivity index (χ4n) is 3.11. The highest BCUT2D eigenvalue weighted by atomic mass is 16.5. The number of rotatable bonds is 6. The van der Waals surface area contributed by atoms with E-state index < -0.39 is 0 Å². The summed E-state index contributed by atoms with van der Waals surface area (Å²) in [6.45, 7) is 6.55. The first kappa shape index (κ1) is 17.8. The zero-order valence-corrected chi connectivity index (χ0v) is 15.3. The van der Waals surface area contributed by atoms with Gasteiger partial charge in [0.1, 0.15) is 23.7 Å². The van der Waals surface area contributed by atoms with Crippen LogP contribution in [0.4, 0.5) is 5.69 Å². The van der Waals surface area contributed by atoms with Gasteiger partial charge in [0, 0.05) is 29.7 Å². The second-order valence-corrected chi connectivity index (χ2v) is 6.42. The minimum Gasteiger partial charge on any atom is -0.494 e. The number of benzene rings is 2. The molecular formula is C21H22N2O3. The summed E-state index contributed by atoms with van der Waals surface area (Å²) in [4.78, 5) is 11.6. The number of nitrogens with zero attached hydrogens (tertiary/aromatic N) is 1. The van der Waals surface area contributed by atoms with Crippen molar-refractivity contribution >= 4 is 11.5 Å². The third kappa shape index (κ3) is 3.65. The van der Waals surface area contributed by atoms with E-state index in [4.69, 9.17) is 9.47 Å². The third-order valence-corrected chi connectivity index (χ3v) is 4.39. The van der Waals surface area contributed by atoms with Gasteiger partial charge in [0.05, 0.1) is 17.9 Å². The van der Waals surface area contributed by atoms with Crippen LogP contribution in [0.25, 0.3) is 0 Å². The number of nitrogens with one attached hydrogen (secondary N) is 1. The molecule has 1 atom stereocenters. The Morgan fingerprint density at radius 1 is 1.38 bits per heavy atom. The molecule has 2 aromatic rings. The summed E-state index contributed by atoms with van der Waals surface area (Å²) in [5.74, 6) is 1.67. The van der Waals surface area contributed by atoms with Crippen LogP contribution in [0, 0.1) is 11.3 Å². The van der Waals surface area contributed by atoms with Crippen molar-refractivity contribution in [1.82, 2.24) is 0 Å². The quantitative estimate of drug-likeness (QED) is 0.794. The lowest BCUT2D eigenvalue weighted by Crippen LogP contribution is -2.06. The van der Waals surface area contributed by atoms with Crippen molar-refractivity contribution in [2.24, 2.45) is 0 Å². The van der Waals surface area contributed by atoms with Crippen LogP contribution in [0.2, 0.25) is 0 Å². The van der Waals surface area contributed by atoms with Gasteiger partial charge in [0.25, 0.3) is 0 Å². The van der Waals surface area contributed by atoms with Gasteiger partial charge < -0.3 is 14.8 Å². The van der Waals surface area contributed by atoms with Crippen LogP contribution in [0.5, 0.6) is 11.5 Å². The Labute approximate surface area is 153 Å². The number of hydrogen-bond acceptors (Lipinski definition) is 5. The average molecular weight is 350 g/mol. The van der Waals surface area contributed by atoms with Crippen LogP contribution in [0.3, 0.4) is 0 Å². The maximum atomic E-state index is 11.6. The number of fused-ring (bicyclic) bond motifs is 1. The van der Waals surface area contributed by atoms with E-state index in [0.717, 1.165) is 29.0 Å². The summed E-state index contributed by atoms with van der Waals surface area (Å²) >= 11 is 0. The molecule has 1 aliphatic rings. The van der Waals surface area contributed by atoms with Crippen LogP contribution >= 0.6 is 0 Å². The number of ether oxygens (including phenoxy) is 2. The maximum Gasteiger partial charge on any atom is 0.159 e. The number of anilines is 1. The lowest BCUT2D eigenvalue weighted by molar-refractivity contribution is 0.101. The standard InChI is InChI=1S/C21H22N2O3/c1-4-25-20-9-17-7-13(2)26-21(17)10-18(20)12-23-19-8-15(14(3)24)5-6-16(19)11-22/h5-6,8-10,13,23H,4,7,12H2,1-3H3. The lowest BCUT2D eigenvalue weighted by Gasteiger charge is -2.15. The Morgan fingerprint density at radius 2 is 2.19 bits per heavy atom. The molecule has 0 spiro atoms. The van der Waals surface area contributed by atoms with E-state index in [1.54, 1.807) is 18.2 Å². The molecule has 0 radical (unpaired) electrons. The van der Waals surface area contributed by atoms with E-state index >= 15 is 0 Å². The largest absolute Gasteiger partial charge is 0.494 e. The fourth-order valence-corrected chi connectivity index (χ4v) is 3.11. The SMILES string of the molecule is CCOc1cc2c(cc1CNc1cc(C(C)=O)ccc1C#N)OC(C)C2. The highest BCUT2D eigenvalue weighted by Gasteiger charge is 2.22. The first-order valence-electron chi connectivity index (χ1n) is 8.76.